The number of aliphatic hydroxyl groups excluding tert-OH is 2. The highest BCUT2D eigenvalue weighted by Gasteiger charge is 2.48. The van der Waals surface area contributed by atoms with Crippen molar-refractivity contribution in [2.45, 2.75) is 185 Å². The van der Waals surface area contributed by atoms with E-state index in [1.54, 1.807) is 11.8 Å². The standard InChI is InChI=1S/C36H67N5O11/c1-5-6-7-8-9-10-11-12-13-14-15-16-17-18-21-41(34-29(37)31(51-25(4)36(49)50)30(44)27(22-42)52-34)24(3)33(46)40-26(32(38)45)19-20-28(43)39-23(2)35(47)48/h23-27,29-31,34,42,44H,5-22,37H2,1-4H3,(H2,38,45)(H,39,43)(H,40,46)(H,47,48)(H,49,50)/t23-,24-,25+,26+,27+,29+,30+,31+,34?/m0/s1. The maximum absolute atomic E-state index is 13.6. The average molecular weight is 746 g/mol. The molecule has 1 heterocycles. The Morgan fingerprint density at radius 3 is 1.81 bits per heavy atom. The fourth-order valence-corrected chi connectivity index (χ4v) is 6.28. The lowest BCUT2D eigenvalue weighted by molar-refractivity contribution is -0.247. The number of unbranched alkanes of at least 4 members (excludes halogenated alkanes) is 13. The summed E-state index contributed by atoms with van der Waals surface area (Å²) < 4.78 is 11.6. The second-order valence-electron chi connectivity index (χ2n) is 14.0. The van der Waals surface area contributed by atoms with Crippen molar-refractivity contribution in [2.24, 2.45) is 11.5 Å². The fraction of sp³-hybridized carbons (Fsp3) is 0.861. The zero-order valence-electron chi connectivity index (χ0n) is 31.7. The van der Waals surface area contributed by atoms with Crippen LogP contribution in [0.5, 0.6) is 0 Å². The Hall–Kier alpha value is -2.89. The number of nitrogens with one attached hydrogen (secondary N) is 2. The largest absolute Gasteiger partial charge is 0.480 e. The summed E-state index contributed by atoms with van der Waals surface area (Å²) in [6, 6.07) is -4.56. The molecule has 10 N–H and O–H groups in total. The van der Waals surface area contributed by atoms with Gasteiger partial charge in [0.1, 0.15) is 36.6 Å². The molecule has 0 spiro atoms. The van der Waals surface area contributed by atoms with E-state index in [1.807, 2.05) is 0 Å². The zero-order chi connectivity index (χ0) is 39.2. The number of nitrogens with two attached hydrogens (primary N) is 2. The predicted molar refractivity (Wildman–Crippen MR) is 194 cm³/mol. The number of carbonyl (C=O) groups excluding carboxylic acids is 3. The summed E-state index contributed by atoms with van der Waals surface area (Å²) in [5, 5.41) is 44.2. The van der Waals surface area contributed by atoms with E-state index in [0.717, 1.165) is 25.7 Å². The average Bonchev–Trinajstić information content (AvgIpc) is 3.09. The van der Waals surface area contributed by atoms with Gasteiger partial charge in [0, 0.05) is 13.0 Å². The van der Waals surface area contributed by atoms with Crippen molar-refractivity contribution < 1.29 is 53.9 Å². The van der Waals surface area contributed by atoms with Crippen LogP contribution < -0.4 is 22.1 Å². The maximum atomic E-state index is 13.6. The molecule has 0 radical (unpaired) electrons. The fourth-order valence-electron chi connectivity index (χ4n) is 6.28. The van der Waals surface area contributed by atoms with Crippen LogP contribution in [0.1, 0.15) is 130 Å². The number of nitrogens with zero attached hydrogens (tertiary/aromatic N) is 1. The molecule has 0 bridgehead atoms. The topological polar surface area (TPSA) is 264 Å². The highest BCUT2D eigenvalue weighted by Crippen LogP contribution is 2.28. The van der Waals surface area contributed by atoms with Crippen LogP contribution in [0.2, 0.25) is 0 Å². The first-order valence-corrected chi connectivity index (χ1v) is 19.1. The number of rotatable bonds is 29. The third kappa shape index (κ3) is 17.3. The van der Waals surface area contributed by atoms with Gasteiger partial charge in [-0.2, -0.15) is 0 Å². The van der Waals surface area contributed by atoms with Gasteiger partial charge in [-0.25, -0.2) is 4.79 Å². The molecule has 302 valence electrons. The van der Waals surface area contributed by atoms with Crippen LogP contribution in [0, 0.1) is 0 Å². The molecule has 0 aromatic heterocycles. The molecular weight excluding hydrogens is 678 g/mol. The second-order valence-corrected chi connectivity index (χ2v) is 14.0. The summed E-state index contributed by atoms with van der Waals surface area (Å²) in [5.41, 5.74) is 12.1. The SMILES string of the molecule is CCCCCCCCCCCCCCCCN(C1O[C@H](CO)[C@@H](O)[C@H](O[C@H](C)C(=O)O)[C@H]1N)[C@@H](C)C(=O)N[C@H](CCC(=O)N[C@@H](C)C(=O)O)C(N)=O. The molecule has 1 unspecified atom stereocenters. The summed E-state index contributed by atoms with van der Waals surface area (Å²) in [7, 11) is 0. The van der Waals surface area contributed by atoms with Gasteiger partial charge in [-0.3, -0.25) is 24.1 Å². The highest BCUT2D eigenvalue weighted by molar-refractivity contribution is 5.89. The van der Waals surface area contributed by atoms with Crippen molar-refractivity contribution in [3.05, 3.63) is 0 Å². The first kappa shape index (κ1) is 47.1. The number of ether oxygens (including phenoxy) is 2. The molecule has 1 fully saturated rings. The van der Waals surface area contributed by atoms with Gasteiger partial charge in [-0.15, -0.1) is 0 Å². The zero-order valence-corrected chi connectivity index (χ0v) is 31.7. The Morgan fingerprint density at radius 2 is 1.35 bits per heavy atom. The number of hydrogen-bond donors (Lipinski definition) is 8. The van der Waals surface area contributed by atoms with Crippen molar-refractivity contribution >= 4 is 29.7 Å². The Balaban J connectivity index is 2.97. The van der Waals surface area contributed by atoms with Crippen molar-refractivity contribution in [1.29, 1.82) is 0 Å². The molecule has 3 amide bonds. The number of carboxylic acid groups (broad SMARTS) is 2. The third-order valence-electron chi connectivity index (χ3n) is 9.67. The van der Waals surface area contributed by atoms with Crippen LogP contribution >= 0.6 is 0 Å². The minimum atomic E-state index is -1.46. The molecular formula is C36H67N5O11. The Bertz CT molecular complexity index is 1080. The highest BCUT2D eigenvalue weighted by atomic mass is 16.6. The number of aliphatic carboxylic acids is 2. The molecule has 1 aliphatic rings. The summed E-state index contributed by atoms with van der Waals surface area (Å²) in [6.45, 7) is 6.01. The molecule has 16 nitrogen and oxygen atoms in total. The van der Waals surface area contributed by atoms with Gasteiger partial charge in [0.2, 0.25) is 17.7 Å². The normalized spacial score (nSPS) is 22.7. The molecule has 1 rings (SSSR count). The number of hydrogen-bond acceptors (Lipinski definition) is 11. The van der Waals surface area contributed by atoms with Gasteiger partial charge in [0.25, 0.3) is 0 Å². The van der Waals surface area contributed by atoms with Crippen LogP contribution in [-0.4, -0.2) is 123 Å². The van der Waals surface area contributed by atoms with Crippen molar-refractivity contribution in [3.63, 3.8) is 0 Å². The summed E-state index contributed by atoms with van der Waals surface area (Å²) in [4.78, 5) is 62.4. The monoisotopic (exact) mass is 745 g/mol. The lowest BCUT2D eigenvalue weighted by atomic mass is 9.94. The Labute approximate surface area is 308 Å². The van der Waals surface area contributed by atoms with E-state index in [9.17, 15) is 39.3 Å². The van der Waals surface area contributed by atoms with Crippen LogP contribution in [0.25, 0.3) is 0 Å². The summed E-state index contributed by atoms with van der Waals surface area (Å²) in [6.07, 6.45) is 9.26. The van der Waals surface area contributed by atoms with Gasteiger partial charge in [-0.1, -0.05) is 90.4 Å². The molecule has 0 saturated carbocycles. The van der Waals surface area contributed by atoms with E-state index < -0.39 is 91.1 Å². The van der Waals surface area contributed by atoms with Crippen LogP contribution in [0.15, 0.2) is 0 Å². The number of carbonyl (C=O) groups is 5. The van der Waals surface area contributed by atoms with Gasteiger partial charge in [0.15, 0.2) is 6.10 Å². The van der Waals surface area contributed by atoms with Gasteiger partial charge in [-0.05, 0) is 33.6 Å². The van der Waals surface area contributed by atoms with Crippen molar-refractivity contribution in [2.75, 3.05) is 13.2 Å². The van der Waals surface area contributed by atoms with E-state index in [-0.39, 0.29) is 19.4 Å². The first-order valence-electron chi connectivity index (χ1n) is 19.1. The van der Waals surface area contributed by atoms with E-state index in [0.29, 0.717) is 6.42 Å². The van der Waals surface area contributed by atoms with Crippen molar-refractivity contribution in [3.8, 4) is 0 Å². The quantitative estimate of drug-likeness (QED) is 0.0508. The summed E-state index contributed by atoms with van der Waals surface area (Å²) >= 11 is 0. The minimum Gasteiger partial charge on any atom is -0.480 e. The maximum Gasteiger partial charge on any atom is 0.332 e. The smallest absolute Gasteiger partial charge is 0.332 e. The van der Waals surface area contributed by atoms with Gasteiger partial charge >= 0.3 is 11.9 Å². The lowest BCUT2D eigenvalue weighted by Crippen LogP contribution is -2.69. The second kappa shape index (κ2) is 26.0. The Morgan fingerprint density at radius 1 is 0.827 bits per heavy atom. The molecule has 0 aromatic carbocycles. The number of carboxylic acids is 2. The molecule has 52 heavy (non-hydrogen) atoms. The molecule has 0 aromatic rings. The van der Waals surface area contributed by atoms with E-state index in [4.69, 9.17) is 26.0 Å². The van der Waals surface area contributed by atoms with Crippen molar-refractivity contribution in [1.82, 2.24) is 15.5 Å². The number of aliphatic hydroxyl groups is 2. The molecule has 1 saturated heterocycles. The predicted octanol–water partition coefficient (Wildman–Crippen LogP) is 1.76. The van der Waals surface area contributed by atoms with E-state index in [2.05, 4.69) is 17.6 Å². The lowest BCUT2D eigenvalue weighted by Gasteiger charge is -2.48. The first-order chi connectivity index (χ1) is 24.7. The molecule has 9 atom stereocenters. The summed E-state index contributed by atoms with van der Waals surface area (Å²) in [5.74, 6) is -4.70. The van der Waals surface area contributed by atoms with E-state index >= 15 is 0 Å². The van der Waals surface area contributed by atoms with Crippen LogP contribution in [0.3, 0.4) is 0 Å². The van der Waals surface area contributed by atoms with Crippen LogP contribution in [-0.2, 0) is 33.4 Å². The Kier molecular flexibility index (Phi) is 23.5. The van der Waals surface area contributed by atoms with Crippen LogP contribution in [0.4, 0.5) is 0 Å². The molecule has 1 aliphatic heterocycles. The number of primary amides is 1. The number of amides is 3. The van der Waals surface area contributed by atoms with Gasteiger partial charge < -0.3 is 52.0 Å². The molecule has 0 aliphatic carbocycles. The minimum absolute atomic E-state index is 0.188. The van der Waals surface area contributed by atoms with Gasteiger partial charge in [0.05, 0.1) is 18.7 Å². The third-order valence-corrected chi connectivity index (χ3v) is 9.67. The van der Waals surface area contributed by atoms with E-state index in [1.165, 1.54) is 71.6 Å². The molecule has 16 heteroatoms.